The van der Waals surface area contributed by atoms with Crippen molar-refractivity contribution in [3.63, 3.8) is 0 Å². The predicted octanol–water partition coefficient (Wildman–Crippen LogP) is 3.75. The summed E-state index contributed by atoms with van der Waals surface area (Å²) in [5.41, 5.74) is 11.4. The monoisotopic (exact) mass is 468 g/mol. The summed E-state index contributed by atoms with van der Waals surface area (Å²) in [6, 6.07) is 9.16. The number of nitrogens with zero attached hydrogens (tertiary/aromatic N) is 5. The minimum absolute atomic E-state index is 0.179. The van der Waals surface area contributed by atoms with Gasteiger partial charge in [-0.3, -0.25) is 9.97 Å². The molecule has 35 heavy (non-hydrogen) atoms. The number of nitrogens with two attached hydrogens (primary N) is 1. The van der Waals surface area contributed by atoms with Crippen LogP contribution in [0.1, 0.15) is 24.2 Å². The summed E-state index contributed by atoms with van der Waals surface area (Å²) in [5, 5.41) is 4.73. The molecule has 7 rings (SSSR count). The zero-order valence-corrected chi connectivity index (χ0v) is 19.3. The average molecular weight is 469 g/mol. The van der Waals surface area contributed by atoms with Gasteiger partial charge >= 0.3 is 0 Å². The third-order valence-corrected chi connectivity index (χ3v) is 7.63. The molecule has 4 N–H and O–H groups in total. The van der Waals surface area contributed by atoms with E-state index in [0.717, 1.165) is 64.6 Å². The van der Waals surface area contributed by atoms with Crippen LogP contribution in [0.25, 0.3) is 33.0 Å². The summed E-state index contributed by atoms with van der Waals surface area (Å²) >= 11 is 0. The topological polar surface area (TPSA) is 109 Å². The number of nitrogens with one attached hydrogen (secondary N) is 2. The highest BCUT2D eigenvalue weighted by molar-refractivity contribution is 6.14. The van der Waals surface area contributed by atoms with Crippen molar-refractivity contribution in [2.45, 2.75) is 25.3 Å². The molecule has 5 aromatic rings. The molecule has 2 atom stereocenters. The highest BCUT2D eigenvalue weighted by Crippen LogP contribution is 2.53. The van der Waals surface area contributed by atoms with Gasteiger partial charge in [0.1, 0.15) is 23.1 Å². The number of anilines is 2. The summed E-state index contributed by atoms with van der Waals surface area (Å²) in [7, 11) is 1.79. The molecule has 0 unspecified atom stereocenters. The highest BCUT2D eigenvalue weighted by atomic mass is 19.1. The molecule has 5 heterocycles. The number of H-pyrrole nitrogens is 1. The second-order valence-corrected chi connectivity index (χ2v) is 9.84. The van der Waals surface area contributed by atoms with Crippen LogP contribution < -0.4 is 16.0 Å². The molecule has 1 spiro atoms. The Labute approximate surface area is 200 Å². The number of pyridine rings is 2. The number of hydrogen-bond donors (Lipinski definition) is 3. The summed E-state index contributed by atoms with van der Waals surface area (Å²) in [4.78, 5) is 24.6. The average Bonchev–Trinajstić information content (AvgIpc) is 3.17. The number of hydrogen-bond acceptors (Lipinski definition) is 7. The van der Waals surface area contributed by atoms with Gasteiger partial charge in [-0.05, 0) is 48.7 Å². The van der Waals surface area contributed by atoms with Gasteiger partial charge in [-0.1, -0.05) is 0 Å². The molecular weight excluding hydrogens is 443 g/mol. The Balaban J connectivity index is 1.39. The van der Waals surface area contributed by atoms with Gasteiger partial charge in [0.05, 0.1) is 27.6 Å². The van der Waals surface area contributed by atoms with E-state index in [1.807, 2.05) is 24.4 Å². The van der Waals surface area contributed by atoms with Crippen LogP contribution in [-0.4, -0.2) is 51.1 Å². The molecule has 0 bridgehead atoms. The summed E-state index contributed by atoms with van der Waals surface area (Å²) in [5.74, 6) is 1.23. The number of benzene rings is 1. The van der Waals surface area contributed by atoms with Gasteiger partial charge in [0.25, 0.3) is 0 Å². The second-order valence-electron chi connectivity index (χ2n) is 9.84. The lowest BCUT2D eigenvalue weighted by Crippen LogP contribution is -2.24. The van der Waals surface area contributed by atoms with Crippen LogP contribution in [0.15, 0.2) is 42.7 Å². The first-order valence-corrected chi connectivity index (χ1v) is 11.9. The van der Waals surface area contributed by atoms with E-state index in [2.05, 4.69) is 25.2 Å². The fraction of sp³-hybridized carbons (Fsp3) is 0.308. The van der Waals surface area contributed by atoms with E-state index in [4.69, 9.17) is 15.7 Å². The summed E-state index contributed by atoms with van der Waals surface area (Å²) < 4.78 is 14.5. The molecular formula is C26H25FN8. The van der Waals surface area contributed by atoms with Gasteiger partial charge in [0.15, 0.2) is 0 Å². The lowest BCUT2D eigenvalue weighted by molar-refractivity contribution is 0.553. The molecule has 2 aliphatic rings. The fourth-order valence-corrected chi connectivity index (χ4v) is 5.59. The molecule has 1 saturated carbocycles. The first-order chi connectivity index (χ1) is 17.0. The van der Waals surface area contributed by atoms with Crippen molar-refractivity contribution in [2.24, 2.45) is 11.1 Å². The van der Waals surface area contributed by atoms with Crippen molar-refractivity contribution in [3.8, 4) is 0 Å². The number of fused-ring (bicyclic) bond motifs is 4. The van der Waals surface area contributed by atoms with Crippen molar-refractivity contribution in [3.05, 3.63) is 59.9 Å². The molecule has 176 valence electrons. The third-order valence-electron chi connectivity index (χ3n) is 7.63. The SMILES string of the molecule is CNc1cc(F)cc2c1[nH]c1nc(Cc3cnc4cccnc4c3)nc(N3CC[C@@]4(C[C@H]4N)C3)c12. The fourth-order valence-electron chi connectivity index (χ4n) is 5.59. The van der Waals surface area contributed by atoms with E-state index in [0.29, 0.717) is 23.6 Å². The molecule has 1 aromatic carbocycles. The van der Waals surface area contributed by atoms with Crippen LogP contribution in [-0.2, 0) is 6.42 Å². The van der Waals surface area contributed by atoms with Gasteiger partial charge in [0, 0.05) is 55.8 Å². The largest absolute Gasteiger partial charge is 0.386 e. The Morgan fingerprint density at radius 3 is 2.91 bits per heavy atom. The first-order valence-electron chi connectivity index (χ1n) is 11.9. The van der Waals surface area contributed by atoms with Crippen LogP contribution in [0.2, 0.25) is 0 Å². The molecule has 0 radical (unpaired) electrons. The van der Waals surface area contributed by atoms with E-state index in [1.54, 1.807) is 19.3 Å². The maximum absolute atomic E-state index is 14.5. The highest BCUT2D eigenvalue weighted by Gasteiger charge is 2.55. The Kier molecular flexibility index (Phi) is 4.29. The van der Waals surface area contributed by atoms with Crippen LogP contribution in [0.4, 0.5) is 15.9 Å². The molecule has 9 heteroatoms. The second kappa shape index (κ2) is 7.32. The lowest BCUT2D eigenvalue weighted by Gasteiger charge is -2.19. The Morgan fingerprint density at radius 2 is 2.11 bits per heavy atom. The first kappa shape index (κ1) is 20.5. The lowest BCUT2D eigenvalue weighted by atomic mass is 10.1. The van der Waals surface area contributed by atoms with Crippen LogP contribution in [0.5, 0.6) is 0 Å². The zero-order valence-electron chi connectivity index (χ0n) is 19.3. The molecule has 8 nitrogen and oxygen atoms in total. The normalized spacial score (nSPS) is 21.6. The quantitative estimate of drug-likeness (QED) is 0.369. The maximum Gasteiger partial charge on any atom is 0.144 e. The standard InChI is InChI=1S/C26H25FN8/c1-29-19-10-15(27)9-16-22-24(34-23(16)19)32-21(8-14-7-18-17(31-12-14)3-2-5-30-18)33-25(22)35-6-4-26(13-35)11-20(26)28/h2-3,5,7,9-10,12,20,29H,4,6,8,11,13,28H2,1H3,(H,32,33,34)/t20-,26-/m1/s1. The van der Waals surface area contributed by atoms with Crippen molar-refractivity contribution in [1.29, 1.82) is 0 Å². The Bertz CT molecular complexity index is 1630. The minimum Gasteiger partial charge on any atom is -0.386 e. The predicted molar refractivity (Wildman–Crippen MR) is 135 cm³/mol. The van der Waals surface area contributed by atoms with Gasteiger partial charge < -0.3 is 20.9 Å². The van der Waals surface area contributed by atoms with Crippen molar-refractivity contribution >= 4 is 44.5 Å². The Morgan fingerprint density at radius 1 is 1.23 bits per heavy atom. The van der Waals surface area contributed by atoms with Crippen molar-refractivity contribution in [2.75, 3.05) is 30.4 Å². The van der Waals surface area contributed by atoms with E-state index in [-0.39, 0.29) is 17.3 Å². The number of rotatable bonds is 4. The van der Waals surface area contributed by atoms with E-state index in [1.165, 1.54) is 6.07 Å². The smallest absolute Gasteiger partial charge is 0.144 e. The Hall–Kier alpha value is -3.85. The minimum atomic E-state index is -0.297. The summed E-state index contributed by atoms with van der Waals surface area (Å²) in [6.07, 6.45) is 6.23. The molecule has 1 aliphatic carbocycles. The summed E-state index contributed by atoms with van der Waals surface area (Å²) in [6.45, 7) is 1.74. The van der Waals surface area contributed by atoms with E-state index < -0.39 is 0 Å². The number of aromatic nitrogens is 5. The molecule has 2 fully saturated rings. The van der Waals surface area contributed by atoms with Crippen molar-refractivity contribution < 1.29 is 4.39 Å². The molecule has 0 amide bonds. The van der Waals surface area contributed by atoms with Gasteiger partial charge in [0.2, 0.25) is 0 Å². The van der Waals surface area contributed by atoms with Gasteiger partial charge in [-0.2, -0.15) is 0 Å². The molecule has 4 aromatic heterocycles. The maximum atomic E-state index is 14.5. The van der Waals surface area contributed by atoms with Crippen LogP contribution in [0.3, 0.4) is 0 Å². The third kappa shape index (κ3) is 3.22. The van der Waals surface area contributed by atoms with E-state index >= 15 is 0 Å². The van der Waals surface area contributed by atoms with E-state index in [9.17, 15) is 4.39 Å². The van der Waals surface area contributed by atoms with Crippen LogP contribution >= 0.6 is 0 Å². The molecule has 1 saturated heterocycles. The van der Waals surface area contributed by atoms with Crippen LogP contribution in [0, 0.1) is 11.2 Å². The zero-order chi connectivity index (χ0) is 23.7. The molecule has 1 aliphatic heterocycles. The van der Waals surface area contributed by atoms with Gasteiger partial charge in [-0.15, -0.1) is 0 Å². The number of halogens is 1. The number of aromatic amines is 1. The van der Waals surface area contributed by atoms with Gasteiger partial charge in [-0.25, -0.2) is 14.4 Å². The van der Waals surface area contributed by atoms with Crippen molar-refractivity contribution in [1.82, 2.24) is 24.9 Å².